The Morgan fingerprint density at radius 2 is 1.60 bits per heavy atom. The lowest BCUT2D eigenvalue weighted by atomic mass is 10.0. The number of pyridine rings is 1. The number of benzene rings is 1. The molecule has 126 valence electrons. The number of hydrogen-bond donors (Lipinski definition) is 3. The van der Waals surface area contributed by atoms with Crippen LogP contribution in [0.2, 0.25) is 0 Å². The number of halogens is 1. The first-order valence-electron chi connectivity index (χ1n) is 7.29. The minimum atomic E-state index is -1.08. The summed E-state index contributed by atoms with van der Waals surface area (Å²) in [6, 6.07) is 7.25. The number of anilines is 3. The first-order chi connectivity index (χ1) is 12.0. The van der Waals surface area contributed by atoms with Crippen LogP contribution >= 0.6 is 0 Å². The van der Waals surface area contributed by atoms with E-state index in [2.05, 4.69) is 15.6 Å². The summed E-state index contributed by atoms with van der Waals surface area (Å²) < 4.78 is 13.0. The van der Waals surface area contributed by atoms with Crippen LogP contribution < -0.4 is 27.2 Å². The van der Waals surface area contributed by atoms with Gasteiger partial charge in [-0.1, -0.05) is 12.1 Å². The van der Waals surface area contributed by atoms with Gasteiger partial charge >= 0.3 is 0 Å². The van der Waals surface area contributed by atoms with Gasteiger partial charge < -0.3 is 16.4 Å². The monoisotopic (exact) mass is 340 g/mol. The zero-order valence-corrected chi connectivity index (χ0v) is 12.8. The molecule has 0 saturated heterocycles. The zero-order chi connectivity index (χ0) is 18.0. The highest BCUT2D eigenvalue weighted by molar-refractivity contribution is 5.88. The molecule has 0 aliphatic heterocycles. The molecule has 4 N–H and O–H groups in total. The second-order valence-electron chi connectivity index (χ2n) is 5.30. The first-order valence-corrected chi connectivity index (χ1v) is 7.29. The van der Waals surface area contributed by atoms with E-state index in [-0.39, 0.29) is 11.4 Å². The molecule has 1 atom stereocenters. The molecule has 0 radical (unpaired) electrons. The normalized spacial score (nSPS) is 11.9. The molecule has 1 unspecified atom stereocenters. The molecule has 1 amide bonds. The van der Waals surface area contributed by atoms with Crippen LogP contribution in [-0.2, 0) is 4.79 Å². The van der Waals surface area contributed by atoms with E-state index in [0.29, 0.717) is 11.3 Å². The highest BCUT2D eigenvalue weighted by atomic mass is 19.1. The Bertz CT molecular complexity index is 980. The molecule has 3 rings (SSSR count). The Kier molecular flexibility index (Phi) is 4.25. The van der Waals surface area contributed by atoms with E-state index in [4.69, 9.17) is 5.73 Å². The third kappa shape index (κ3) is 3.23. The van der Waals surface area contributed by atoms with Crippen molar-refractivity contribution in [2.75, 3.05) is 10.6 Å². The number of amides is 1. The smallest absolute Gasteiger partial charge is 0.253 e. The molecule has 0 spiro atoms. The number of primary amides is 1. The van der Waals surface area contributed by atoms with Crippen molar-refractivity contribution < 1.29 is 9.18 Å². The van der Waals surface area contributed by atoms with Crippen molar-refractivity contribution in [3.8, 4) is 0 Å². The molecule has 0 bridgehead atoms. The Morgan fingerprint density at radius 3 is 2.20 bits per heavy atom. The van der Waals surface area contributed by atoms with Gasteiger partial charge in [0.15, 0.2) is 0 Å². The maximum absolute atomic E-state index is 13.0. The van der Waals surface area contributed by atoms with Crippen molar-refractivity contribution in [1.29, 1.82) is 0 Å². The van der Waals surface area contributed by atoms with Crippen LogP contribution in [0.5, 0.6) is 0 Å². The Hall–Kier alpha value is -3.55. The van der Waals surface area contributed by atoms with Crippen molar-refractivity contribution >= 4 is 23.0 Å². The molecule has 0 fully saturated rings. The minimum absolute atomic E-state index is 0.0320. The van der Waals surface area contributed by atoms with Crippen LogP contribution in [-0.4, -0.2) is 10.9 Å². The van der Waals surface area contributed by atoms with Gasteiger partial charge in [0, 0.05) is 18.1 Å². The average Bonchev–Trinajstić information content (AvgIpc) is 2.62. The summed E-state index contributed by atoms with van der Waals surface area (Å²) in [5, 5.41) is 5.48. The lowest BCUT2D eigenvalue weighted by molar-refractivity contribution is -0.118. The van der Waals surface area contributed by atoms with Crippen LogP contribution in [0.1, 0.15) is 11.6 Å². The Labute approximate surface area is 141 Å². The second-order valence-corrected chi connectivity index (χ2v) is 5.30. The predicted molar refractivity (Wildman–Crippen MR) is 90.8 cm³/mol. The summed E-state index contributed by atoms with van der Waals surface area (Å²) >= 11 is 0. The minimum Gasteiger partial charge on any atom is -0.368 e. The third-order valence-corrected chi connectivity index (χ3v) is 3.64. The van der Waals surface area contributed by atoms with Gasteiger partial charge in [0.2, 0.25) is 5.91 Å². The quantitative estimate of drug-likeness (QED) is 0.581. The molecular formula is C17H13FN4O3. The van der Waals surface area contributed by atoms with Gasteiger partial charge in [-0.05, 0) is 29.8 Å². The summed E-state index contributed by atoms with van der Waals surface area (Å²) in [6.45, 7) is 0. The summed E-state index contributed by atoms with van der Waals surface area (Å²) in [7, 11) is 0. The van der Waals surface area contributed by atoms with E-state index in [0.717, 1.165) is 0 Å². The Balaban J connectivity index is 1.90. The molecule has 8 heteroatoms. The van der Waals surface area contributed by atoms with Gasteiger partial charge in [0.05, 0.1) is 0 Å². The van der Waals surface area contributed by atoms with Crippen LogP contribution in [0.15, 0.2) is 58.4 Å². The van der Waals surface area contributed by atoms with Gasteiger partial charge in [-0.15, -0.1) is 0 Å². The molecule has 1 heterocycles. The van der Waals surface area contributed by atoms with E-state index < -0.39 is 28.6 Å². The van der Waals surface area contributed by atoms with E-state index in [9.17, 15) is 18.8 Å². The standard InChI is InChI=1S/C17H13FN4O3/c18-10-3-1-9(2-4-10)12(17(19)25)22-14-13(15(23)16(14)24)21-11-5-7-20-8-6-11/h1-8,12,22H,(H2,19,25)(H,20,21). The first kappa shape index (κ1) is 16.3. The topological polar surface area (TPSA) is 114 Å². The average molecular weight is 340 g/mol. The molecule has 0 aliphatic rings. The molecule has 0 aliphatic carbocycles. The van der Waals surface area contributed by atoms with E-state index in [1.165, 1.54) is 36.7 Å². The summed E-state index contributed by atoms with van der Waals surface area (Å²) in [4.78, 5) is 39.3. The molecule has 25 heavy (non-hydrogen) atoms. The number of carbonyl (C=O) groups is 1. The number of nitrogens with two attached hydrogens (primary N) is 1. The number of rotatable bonds is 6. The van der Waals surface area contributed by atoms with Crippen LogP contribution in [0, 0.1) is 5.82 Å². The molecule has 0 saturated carbocycles. The number of nitrogens with zero attached hydrogens (tertiary/aromatic N) is 1. The second kappa shape index (κ2) is 6.52. The van der Waals surface area contributed by atoms with Crippen molar-refractivity contribution in [3.63, 3.8) is 0 Å². The highest BCUT2D eigenvalue weighted by Gasteiger charge is 2.26. The molecular weight excluding hydrogens is 327 g/mol. The van der Waals surface area contributed by atoms with Gasteiger partial charge in [-0.3, -0.25) is 19.4 Å². The fourth-order valence-electron chi connectivity index (χ4n) is 2.35. The van der Waals surface area contributed by atoms with E-state index in [1.807, 2.05) is 0 Å². The molecule has 3 aromatic rings. The summed E-state index contributed by atoms with van der Waals surface area (Å²) in [6.07, 6.45) is 3.04. The molecule has 1 aromatic heterocycles. The lowest BCUT2D eigenvalue weighted by Crippen LogP contribution is -2.39. The number of nitrogens with one attached hydrogen (secondary N) is 2. The van der Waals surface area contributed by atoms with Crippen LogP contribution in [0.3, 0.4) is 0 Å². The van der Waals surface area contributed by atoms with Crippen LogP contribution in [0.25, 0.3) is 0 Å². The summed E-state index contributed by atoms with van der Waals surface area (Å²) in [5.74, 6) is -1.24. The molecule has 7 nitrogen and oxygen atoms in total. The van der Waals surface area contributed by atoms with Crippen molar-refractivity contribution in [2.45, 2.75) is 6.04 Å². The highest BCUT2D eigenvalue weighted by Crippen LogP contribution is 2.25. The van der Waals surface area contributed by atoms with E-state index in [1.54, 1.807) is 12.1 Å². The van der Waals surface area contributed by atoms with Crippen molar-refractivity contribution in [2.24, 2.45) is 5.73 Å². The maximum Gasteiger partial charge on any atom is 0.253 e. The fraction of sp³-hybridized carbons (Fsp3) is 0.0588. The predicted octanol–water partition coefficient (Wildman–Crippen LogP) is 1.20. The number of carbonyl (C=O) groups excluding carboxylic acids is 1. The van der Waals surface area contributed by atoms with Gasteiger partial charge in [-0.2, -0.15) is 0 Å². The lowest BCUT2D eigenvalue weighted by Gasteiger charge is -2.20. The summed E-state index contributed by atoms with van der Waals surface area (Å²) in [5.41, 5.74) is 4.82. The van der Waals surface area contributed by atoms with Crippen molar-refractivity contribution in [3.05, 3.63) is 80.6 Å². The fourth-order valence-corrected chi connectivity index (χ4v) is 2.35. The Morgan fingerprint density at radius 1 is 1.00 bits per heavy atom. The maximum atomic E-state index is 13.0. The van der Waals surface area contributed by atoms with Crippen molar-refractivity contribution in [1.82, 2.24) is 4.98 Å². The van der Waals surface area contributed by atoms with Gasteiger partial charge in [0.1, 0.15) is 23.2 Å². The third-order valence-electron chi connectivity index (χ3n) is 3.64. The largest absolute Gasteiger partial charge is 0.368 e. The number of hydrogen-bond acceptors (Lipinski definition) is 6. The molecule has 2 aromatic carbocycles. The zero-order valence-electron chi connectivity index (χ0n) is 12.8. The van der Waals surface area contributed by atoms with Gasteiger partial charge in [-0.25, -0.2) is 4.39 Å². The van der Waals surface area contributed by atoms with Gasteiger partial charge in [0.25, 0.3) is 10.9 Å². The van der Waals surface area contributed by atoms with E-state index >= 15 is 0 Å². The van der Waals surface area contributed by atoms with Crippen LogP contribution in [0.4, 0.5) is 21.5 Å². The SMILES string of the molecule is NC(=O)C(Nc1c(Nc2ccncc2)c(=O)c1=O)c1ccc(F)cc1. The number of aromatic nitrogens is 1.